The summed E-state index contributed by atoms with van der Waals surface area (Å²) in [5.41, 5.74) is 1.40. The number of hydrazone groups is 1. The Morgan fingerprint density at radius 3 is 2.39 bits per heavy atom. The number of carbonyl (C=O) groups excluding carboxylic acids is 3. The topological polar surface area (TPSA) is 135 Å². The zero-order valence-electron chi connectivity index (χ0n) is 20.5. The first-order valence-electron chi connectivity index (χ1n) is 11.2. The normalized spacial score (nSPS) is 14.6. The number of hydrogen-bond donors (Lipinski definition) is 1. The Kier molecular flexibility index (Phi) is 8.09. The molecule has 2 aromatic carbocycles. The van der Waals surface area contributed by atoms with Crippen molar-refractivity contribution in [2.75, 3.05) is 16.3 Å². The van der Waals surface area contributed by atoms with Crippen LogP contribution in [0, 0.1) is 13.8 Å². The first kappa shape index (κ1) is 27.2. The third-order valence-corrected chi connectivity index (χ3v) is 8.76. The quantitative estimate of drug-likeness (QED) is 0.0998. The van der Waals surface area contributed by atoms with Crippen LogP contribution in [0.25, 0.3) is 0 Å². The molecule has 0 saturated heterocycles. The van der Waals surface area contributed by atoms with Crippen molar-refractivity contribution in [1.29, 1.82) is 0 Å². The van der Waals surface area contributed by atoms with Crippen LogP contribution in [0.5, 0.6) is 0 Å². The summed E-state index contributed by atoms with van der Waals surface area (Å²) in [6.45, 7) is 5.16. The number of Topliss-reactive ketones (excluding diaryl/α,β-unsaturated/α-hetero) is 1. The zero-order chi connectivity index (χ0) is 27.4. The first-order valence-corrected chi connectivity index (χ1v) is 14.4. The number of esters is 1. The van der Waals surface area contributed by atoms with Crippen molar-refractivity contribution < 1.29 is 27.5 Å². The van der Waals surface area contributed by atoms with E-state index in [2.05, 4.69) is 14.8 Å². The van der Waals surface area contributed by atoms with Crippen molar-refractivity contribution in [3.63, 3.8) is 0 Å². The van der Waals surface area contributed by atoms with Crippen molar-refractivity contribution in [2.24, 2.45) is 5.10 Å². The van der Waals surface area contributed by atoms with Gasteiger partial charge in [-0.1, -0.05) is 47.2 Å². The van der Waals surface area contributed by atoms with E-state index in [0.29, 0.717) is 12.0 Å². The van der Waals surface area contributed by atoms with Gasteiger partial charge in [0.05, 0.1) is 28.5 Å². The molecule has 38 heavy (non-hydrogen) atoms. The molecule has 0 aliphatic carbocycles. The highest BCUT2D eigenvalue weighted by atomic mass is 32.2. The van der Waals surface area contributed by atoms with Gasteiger partial charge in [-0.2, -0.15) is 5.10 Å². The van der Waals surface area contributed by atoms with E-state index in [4.69, 9.17) is 4.74 Å². The molecule has 10 nitrogen and oxygen atoms in total. The van der Waals surface area contributed by atoms with Gasteiger partial charge < -0.3 is 4.74 Å². The maximum atomic E-state index is 13.5. The van der Waals surface area contributed by atoms with Crippen LogP contribution in [0.3, 0.4) is 0 Å². The van der Waals surface area contributed by atoms with Crippen molar-refractivity contribution in [3.8, 4) is 0 Å². The molecule has 0 atom stereocenters. The molecule has 0 saturated carbocycles. The molecular weight excluding hydrogens is 548 g/mol. The highest BCUT2D eigenvalue weighted by Crippen LogP contribution is 2.38. The van der Waals surface area contributed by atoms with Crippen LogP contribution in [0.4, 0.5) is 10.8 Å². The van der Waals surface area contributed by atoms with E-state index in [1.54, 1.807) is 49.4 Å². The molecule has 2 heterocycles. The fourth-order valence-electron chi connectivity index (χ4n) is 3.35. The number of nitrogens with one attached hydrogen (secondary N) is 1. The summed E-state index contributed by atoms with van der Waals surface area (Å²) in [5, 5.41) is 5.67. The van der Waals surface area contributed by atoms with Gasteiger partial charge in [-0.05, 0) is 56.8 Å². The number of hydrogen-bond acceptors (Lipinski definition) is 11. The van der Waals surface area contributed by atoms with Gasteiger partial charge in [0, 0.05) is 0 Å². The predicted molar refractivity (Wildman–Crippen MR) is 147 cm³/mol. The molecule has 0 unspecified atom stereocenters. The minimum atomic E-state index is -3.94. The smallest absolute Gasteiger partial charge is 0.365 e. The Balaban J connectivity index is 1.69. The number of sulfonamides is 1. The number of thiazole rings is 1. The molecule has 0 amide bonds. The summed E-state index contributed by atoms with van der Waals surface area (Å²) in [6, 6.07) is 15.0. The Hall–Kier alpha value is -3.81. The summed E-state index contributed by atoms with van der Waals surface area (Å²) in [4.78, 5) is 42.5. The van der Waals surface area contributed by atoms with Crippen molar-refractivity contribution in [1.82, 2.24) is 4.98 Å². The number of aryl methyl sites for hydroxylation is 2. The van der Waals surface area contributed by atoms with Gasteiger partial charge in [-0.15, -0.1) is 0 Å². The molecule has 4 rings (SSSR count). The molecule has 1 aliphatic heterocycles. The van der Waals surface area contributed by atoms with Crippen LogP contribution in [0.15, 0.2) is 75.2 Å². The standard InChI is InChI=1S/C25H22N4O6S3/c1-4-35-24(32)22-27-29(17-8-6-5-7-9-17)23(37-22)19(14-30)20(31)21-16(3)26-25(36-21)28-38(33,34)18-12-10-15(2)11-13-18/h5-14H,4H2,1-3H3,(H,26,28)/b23-19+. The van der Waals surface area contributed by atoms with Crippen molar-refractivity contribution >= 4 is 67.0 Å². The molecule has 0 fully saturated rings. The third-order valence-electron chi connectivity index (χ3n) is 5.18. The summed E-state index contributed by atoms with van der Waals surface area (Å²) in [5.74, 6) is -1.37. The lowest BCUT2D eigenvalue weighted by Gasteiger charge is -2.16. The second kappa shape index (κ2) is 11.3. The van der Waals surface area contributed by atoms with Crippen molar-refractivity contribution in [3.05, 3.63) is 81.3 Å². The number of aromatic nitrogens is 1. The van der Waals surface area contributed by atoms with Crippen LogP contribution in [0.2, 0.25) is 0 Å². The molecule has 0 spiro atoms. The lowest BCUT2D eigenvalue weighted by molar-refractivity contribution is -0.134. The molecule has 0 radical (unpaired) electrons. The number of benzene rings is 2. The summed E-state index contributed by atoms with van der Waals surface area (Å²) >= 11 is 1.65. The number of aldehydes is 1. The highest BCUT2D eigenvalue weighted by molar-refractivity contribution is 8.19. The number of ketones is 1. The number of ether oxygens (including phenoxy) is 1. The Morgan fingerprint density at radius 2 is 1.76 bits per heavy atom. The summed E-state index contributed by atoms with van der Waals surface area (Å²) in [7, 11) is -3.94. The van der Waals surface area contributed by atoms with Crippen LogP contribution in [0.1, 0.15) is 27.9 Å². The van der Waals surface area contributed by atoms with Crippen LogP contribution < -0.4 is 9.73 Å². The highest BCUT2D eigenvalue weighted by Gasteiger charge is 2.34. The molecule has 0 bridgehead atoms. The molecular formula is C25H22N4O6S3. The van der Waals surface area contributed by atoms with Gasteiger partial charge in [0.15, 0.2) is 11.4 Å². The molecule has 196 valence electrons. The van der Waals surface area contributed by atoms with E-state index in [1.807, 2.05) is 6.92 Å². The first-order chi connectivity index (χ1) is 18.1. The van der Waals surface area contributed by atoms with Gasteiger partial charge in [0.25, 0.3) is 10.0 Å². The van der Waals surface area contributed by atoms with Gasteiger partial charge in [-0.3, -0.25) is 14.3 Å². The van der Waals surface area contributed by atoms with Gasteiger partial charge in [-0.25, -0.2) is 23.2 Å². The average molecular weight is 571 g/mol. The van der Waals surface area contributed by atoms with E-state index in [0.717, 1.165) is 28.7 Å². The molecule has 13 heteroatoms. The number of nitrogens with zero attached hydrogens (tertiary/aromatic N) is 3. The van der Waals surface area contributed by atoms with E-state index < -0.39 is 21.8 Å². The number of allylic oxidation sites excluding steroid dienone is 1. The second-order valence-electron chi connectivity index (χ2n) is 7.89. The van der Waals surface area contributed by atoms with Crippen molar-refractivity contribution in [2.45, 2.75) is 25.7 Å². The lowest BCUT2D eigenvalue weighted by atomic mass is 10.1. The van der Waals surface area contributed by atoms with Gasteiger partial charge in [0.1, 0.15) is 9.91 Å². The third kappa shape index (κ3) is 5.69. The van der Waals surface area contributed by atoms with Crippen LogP contribution >= 0.6 is 23.1 Å². The minimum absolute atomic E-state index is 0.0240. The number of thioether (sulfide) groups is 1. The van der Waals surface area contributed by atoms with E-state index in [1.165, 1.54) is 24.1 Å². The van der Waals surface area contributed by atoms with E-state index >= 15 is 0 Å². The monoisotopic (exact) mass is 570 g/mol. The van der Waals surface area contributed by atoms with Gasteiger partial charge in [0.2, 0.25) is 10.8 Å². The summed E-state index contributed by atoms with van der Waals surface area (Å²) < 4.78 is 33.0. The predicted octanol–water partition coefficient (Wildman–Crippen LogP) is 4.28. The largest absolute Gasteiger partial charge is 0.461 e. The second-order valence-corrected chi connectivity index (χ2v) is 11.6. The average Bonchev–Trinajstić information content (AvgIpc) is 3.49. The SMILES string of the molecule is CCOC(=O)C1=NN(c2ccccc2)/C(=C(/C=O)C(=O)c2sc(NS(=O)(=O)c3ccc(C)cc3)nc2C)S1. The minimum Gasteiger partial charge on any atom is -0.461 e. The maximum Gasteiger partial charge on any atom is 0.365 e. The number of carbonyl (C=O) groups is 3. The van der Waals surface area contributed by atoms with Crippen LogP contribution in [-0.2, 0) is 24.3 Å². The molecule has 1 aromatic heterocycles. The zero-order valence-corrected chi connectivity index (χ0v) is 22.9. The Labute approximate surface area is 227 Å². The summed E-state index contributed by atoms with van der Waals surface area (Å²) in [6.07, 6.45) is 0.388. The lowest BCUT2D eigenvalue weighted by Crippen LogP contribution is -2.16. The fourth-order valence-corrected chi connectivity index (χ4v) is 6.43. The number of para-hydroxylation sites is 1. The maximum absolute atomic E-state index is 13.5. The van der Waals surface area contributed by atoms with Crippen LogP contribution in [-0.4, -0.2) is 43.1 Å². The molecule has 1 N–H and O–H groups in total. The van der Waals surface area contributed by atoms with Gasteiger partial charge >= 0.3 is 5.97 Å². The number of anilines is 2. The molecule has 3 aromatic rings. The fraction of sp³-hybridized carbons (Fsp3) is 0.160. The Morgan fingerprint density at radius 1 is 1.08 bits per heavy atom. The van der Waals surface area contributed by atoms with E-state index in [-0.39, 0.29) is 42.9 Å². The number of rotatable bonds is 9. The molecule has 1 aliphatic rings. The Bertz CT molecular complexity index is 1560. The van der Waals surface area contributed by atoms with E-state index in [9.17, 15) is 22.8 Å².